The van der Waals surface area contributed by atoms with Crippen molar-refractivity contribution in [3.63, 3.8) is 0 Å². The van der Waals surface area contributed by atoms with Gasteiger partial charge >= 0.3 is 0 Å². The SMILES string of the molecule is C[C@H](N=C1NS(=O)(=O)c2ccccc21)C(=O)NCC1CCOC1. The summed E-state index contributed by atoms with van der Waals surface area (Å²) in [6, 6.07) is 5.90. The zero-order valence-electron chi connectivity index (χ0n) is 12.8. The normalized spacial score (nSPS) is 24.9. The standard InChI is InChI=1S/C15H19N3O4S/c1-10(15(19)16-8-11-6-7-22-9-11)17-14-12-4-2-3-5-13(12)23(20,21)18-14/h2-5,10-11H,6-9H2,1H3,(H,16,19)(H,17,18)/t10-,11?/m0/s1. The Bertz CT molecular complexity index is 739. The van der Waals surface area contributed by atoms with Crippen LogP contribution < -0.4 is 10.0 Å². The number of carbonyl (C=O) groups excluding carboxylic acids is 1. The molecule has 1 unspecified atom stereocenters. The van der Waals surface area contributed by atoms with Gasteiger partial charge in [-0.15, -0.1) is 0 Å². The van der Waals surface area contributed by atoms with Crippen LogP contribution >= 0.6 is 0 Å². The third kappa shape index (κ3) is 3.37. The van der Waals surface area contributed by atoms with Crippen molar-refractivity contribution in [2.45, 2.75) is 24.3 Å². The molecule has 1 saturated heterocycles. The van der Waals surface area contributed by atoms with Crippen LogP contribution in [-0.4, -0.2) is 46.0 Å². The van der Waals surface area contributed by atoms with Gasteiger partial charge in [-0.2, -0.15) is 0 Å². The summed E-state index contributed by atoms with van der Waals surface area (Å²) in [5.74, 6) is 0.324. The molecule has 0 bridgehead atoms. The number of fused-ring (bicyclic) bond motifs is 1. The molecule has 7 nitrogen and oxygen atoms in total. The number of benzene rings is 1. The van der Waals surface area contributed by atoms with Gasteiger partial charge in [-0.25, -0.2) is 8.42 Å². The number of hydrogen-bond acceptors (Lipinski definition) is 5. The highest BCUT2D eigenvalue weighted by Crippen LogP contribution is 2.22. The minimum absolute atomic E-state index is 0.189. The fourth-order valence-corrected chi connectivity index (χ4v) is 3.86. The third-order valence-corrected chi connectivity index (χ3v) is 5.35. The lowest BCUT2D eigenvalue weighted by atomic mass is 10.1. The summed E-state index contributed by atoms with van der Waals surface area (Å²) >= 11 is 0. The Balaban J connectivity index is 1.70. The average molecular weight is 337 g/mol. The van der Waals surface area contributed by atoms with Gasteiger partial charge in [0.1, 0.15) is 11.9 Å². The molecule has 1 aromatic rings. The van der Waals surface area contributed by atoms with E-state index in [2.05, 4.69) is 15.0 Å². The molecule has 0 radical (unpaired) electrons. The number of sulfonamides is 1. The van der Waals surface area contributed by atoms with Crippen molar-refractivity contribution in [3.8, 4) is 0 Å². The second-order valence-corrected chi connectivity index (χ2v) is 7.38. The van der Waals surface area contributed by atoms with E-state index < -0.39 is 16.1 Å². The molecule has 1 fully saturated rings. The van der Waals surface area contributed by atoms with E-state index in [1.807, 2.05) is 0 Å². The third-order valence-electron chi connectivity index (χ3n) is 3.95. The van der Waals surface area contributed by atoms with Crippen molar-refractivity contribution in [3.05, 3.63) is 29.8 Å². The second kappa shape index (κ2) is 6.29. The van der Waals surface area contributed by atoms with Crippen LogP contribution in [0.2, 0.25) is 0 Å². The largest absolute Gasteiger partial charge is 0.381 e. The maximum atomic E-state index is 12.1. The smallest absolute Gasteiger partial charge is 0.263 e. The van der Waals surface area contributed by atoms with Gasteiger partial charge in [0.05, 0.1) is 11.5 Å². The summed E-state index contributed by atoms with van der Waals surface area (Å²) in [6.45, 7) is 3.59. The van der Waals surface area contributed by atoms with Crippen molar-refractivity contribution in [2.75, 3.05) is 19.8 Å². The monoisotopic (exact) mass is 337 g/mol. The molecule has 2 N–H and O–H groups in total. The van der Waals surface area contributed by atoms with E-state index in [0.717, 1.165) is 13.0 Å². The lowest BCUT2D eigenvalue weighted by molar-refractivity contribution is -0.122. The molecule has 1 aromatic carbocycles. The van der Waals surface area contributed by atoms with Gasteiger partial charge in [-0.3, -0.25) is 14.5 Å². The predicted octanol–water partition coefficient (Wildman–Crippen LogP) is 0.266. The number of ether oxygens (including phenoxy) is 1. The van der Waals surface area contributed by atoms with E-state index in [-0.39, 0.29) is 16.6 Å². The number of carbonyl (C=O) groups is 1. The van der Waals surface area contributed by atoms with Crippen LogP contribution in [0.3, 0.4) is 0 Å². The second-order valence-electron chi connectivity index (χ2n) is 5.73. The van der Waals surface area contributed by atoms with Crippen molar-refractivity contribution in [2.24, 2.45) is 10.9 Å². The number of nitrogens with one attached hydrogen (secondary N) is 2. The van der Waals surface area contributed by atoms with Crippen molar-refractivity contribution < 1.29 is 17.9 Å². The molecule has 2 heterocycles. The topological polar surface area (TPSA) is 96.9 Å². The molecule has 8 heteroatoms. The van der Waals surface area contributed by atoms with Crippen LogP contribution in [0.15, 0.2) is 34.2 Å². The Morgan fingerprint density at radius 3 is 3.00 bits per heavy atom. The minimum atomic E-state index is -3.58. The molecule has 0 spiro atoms. The fourth-order valence-electron chi connectivity index (χ4n) is 2.62. The molecular formula is C15H19N3O4S. The van der Waals surface area contributed by atoms with Gasteiger partial charge in [0.2, 0.25) is 5.91 Å². The first kappa shape index (κ1) is 15.9. The Labute approximate surface area is 135 Å². The highest BCUT2D eigenvalue weighted by Gasteiger charge is 2.31. The summed E-state index contributed by atoms with van der Waals surface area (Å²) in [4.78, 5) is 16.6. The molecule has 2 aliphatic rings. The number of aliphatic imine (C=N–C) groups is 1. The van der Waals surface area contributed by atoms with Gasteiger partial charge < -0.3 is 10.1 Å². The summed E-state index contributed by atoms with van der Waals surface area (Å²) in [5, 5.41) is 2.84. The number of nitrogens with zero attached hydrogens (tertiary/aromatic N) is 1. The van der Waals surface area contributed by atoms with Crippen LogP contribution in [0, 0.1) is 5.92 Å². The molecule has 0 aromatic heterocycles. The van der Waals surface area contributed by atoms with E-state index in [4.69, 9.17) is 4.74 Å². The Morgan fingerprint density at radius 1 is 1.48 bits per heavy atom. The van der Waals surface area contributed by atoms with Crippen LogP contribution in [0.25, 0.3) is 0 Å². The molecule has 2 aliphatic heterocycles. The average Bonchev–Trinajstić information content (AvgIpc) is 3.12. The van der Waals surface area contributed by atoms with Crippen molar-refractivity contribution in [1.82, 2.24) is 10.0 Å². The highest BCUT2D eigenvalue weighted by molar-refractivity contribution is 7.90. The van der Waals surface area contributed by atoms with Crippen molar-refractivity contribution in [1.29, 1.82) is 0 Å². The maximum absolute atomic E-state index is 12.1. The van der Waals surface area contributed by atoms with Crippen LogP contribution in [-0.2, 0) is 19.6 Å². The molecule has 124 valence electrons. The predicted molar refractivity (Wildman–Crippen MR) is 84.7 cm³/mol. The van der Waals surface area contributed by atoms with Gasteiger partial charge in [0.25, 0.3) is 10.0 Å². The van der Waals surface area contributed by atoms with Gasteiger partial charge in [-0.05, 0) is 25.5 Å². The van der Waals surface area contributed by atoms with Crippen LogP contribution in [0.4, 0.5) is 0 Å². The highest BCUT2D eigenvalue weighted by atomic mass is 32.2. The summed E-state index contributed by atoms with van der Waals surface area (Å²) in [7, 11) is -3.58. The summed E-state index contributed by atoms with van der Waals surface area (Å²) < 4.78 is 31.7. The van der Waals surface area contributed by atoms with E-state index in [1.54, 1.807) is 25.1 Å². The number of hydrogen-bond donors (Lipinski definition) is 2. The first-order valence-electron chi connectivity index (χ1n) is 7.53. The van der Waals surface area contributed by atoms with Gasteiger partial charge in [0, 0.05) is 24.6 Å². The first-order valence-corrected chi connectivity index (χ1v) is 9.01. The number of amidine groups is 1. The molecule has 3 rings (SSSR count). The summed E-state index contributed by atoms with van der Waals surface area (Å²) in [6.07, 6.45) is 0.941. The molecule has 0 aliphatic carbocycles. The Kier molecular flexibility index (Phi) is 4.36. The van der Waals surface area contributed by atoms with Crippen molar-refractivity contribution >= 4 is 21.8 Å². The van der Waals surface area contributed by atoms with Crippen LogP contribution in [0.1, 0.15) is 18.9 Å². The van der Waals surface area contributed by atoms with E-state index in [1.165, 1.54) is 6.07 Å². The number of amides is 1. The van der Waals surface area contributed by atoms with Gasteiger partial charge in [-0.1, -0.05) is 12.1 Å². The lowest BCUT2D eigenvalue weighted by Crippen LogP contribution is -2.36. The molecular weight excluding hydrogens is 318 g/mol. The Morgan fingerprint density at radius 2 is 2.26 bits per heavy atom. The summed E-state index contributed by atoms with van der Waals surface area (Å²) in [5.41, 5.74) is 0.497. The fraction of sp³-hybridized carbons (Fsp3) is 0.467. The Hall–Kier alpha value is -1.93. The first-order chi connectivity index (χ1) is 11.0. The molecule has 1 amide bonds. The molecule has 23 heavy (non-hydrogen) atoms. The van der Waals surface area contributed by atoms with Crippen LogP contribution in [0.5, 0.6) is 0 Å². The zero-order valence-corrected chi connectivity index (χ0v) is 13.6. The van der Waals surface area contributed by atoms with Gasteiger partial charge in [0.15, 0.2) is 0 Å². The van der Waals surface area contributed by atoms with E-state index in [9.17, 15) is 13.2 Å². The maximum Gasteiger partial charge on any atom is 0.263 e. The lowest BCUT2D eigenvalue weighted by Gasteiger charge is -2.12. The zero-order chi connectivity index (χ0) is 16.4. The molecule has 2 atom stereocenters. The van der Waals surface area contributed by atoms with E-state index >= 15 is 0 Å². The molecule has 0 saturated carbocycles. The van der Waals surface area contributed by atoms with E-state index in [0.29, 0.717) is 24.6 Å². The minimum Gasteiger partial charge on any atom is -0.381 e. The quantitative estimate of drug-likeness (QED) is 0.824. The number of rotatable bonds is 4.